The number of carbonyl (C=O) groups is 2. The van der Waals surface area contributed by atoms with E-state index >= 15 is 0 Å². The third-order valence-electron chi connectivity index (χ3n) is 7.79. The molecule has 0 radical (unpaired) electrons. The SMILES string of the molecule is CCCN(CCC)CCCC(NC(=O)c1ccc(CNCc2ncc[nH]2)cc1)C(=O)N[C@@H](C)c1ccc(F)c2ccccc12. The summed E-state index contributed by atoms with van der Waals surface area (Å²) in [5, 5.41) is 10.7. The van der Waals surface area contributed by atoms with Gasteiger partial charge < -0.3 is 25.8 Å². The summed E-state index contributed by atoms with van der Waals surface area (Å²) in [7, 11) is 0. The van der Waals surface area contributed by atoms with Crippen LogP contribution in [0.2, 0.25) is 0 Å². The first-order valence-electron chi connectivity index (χ1n) is 15.7. The van der Waals surface area contributed by atoms with E-state index in [1.54, 1.807) is 42.7 Å². The highest BCUT2D eigenvalue weighted by atomic mass is 19.1. The number of H-pyrrole nitrogens is 1. The van der Waals surface area contributed by atoms with Crippen molar-refractivity contribution in [2.75, 3.05) is 19.6 Å². The van der Waals surface area contributed by atoms with Gasteiger partial charge in [0, 0.05) is 29.9 Å². The van der Waals surface area contributed by atoms with E-state index in [0.717, 1.165) is 61.2 Å². The van der Waals surface area contributed by atoms with Crippen molar-refractivity contribution in [1.29, 1.82) is 0 Å². The third-order valence-corrected chi connectivity index (χ3v) is 7.79. The van der Waals surface area contributed by atoms with Gasteiger partial charge in [-0.1, -0.05) is 56.3 Å². The van der Waals surface area contributed by atoms with Gasteiger partial charge in [0.1, 0.15) is 17.7 Å². The van der Waals surface area contributed by atoms with Gasteiger partial charge in [0.15, 0.2) is 0 Å². The Morgan fingerprint density at radius 3 is 2.32 bits per heavy atom. The molecule has 3 aromatic carbocycles. The first-order chi connectivity index (χ1) is 21.4. The number of hydrogen-bond donors (Lipinski definition) is 4. The molecule has 8 nitrogen and oxygen atoms in total. The molecule has 1 heterocycles. The van der Waals surface area contributed by atoms with Crippen molar-refractivity contribution in [2.45, 2.75) is 71.6 Å². The summed E-state index contributed by atoms with van der Waals surface area (Å²) < 4.78 is 14.4. The lowest BCUT2D eigenvalue weighted by molar-refractivity contribution is -0.123. The molecule has 0 aliphatic heterocycles. The number of nitrogens with zero attached hydrogens (tertiary/aromatic N) is 2. The molecule has 0 spiro atoms. The maximum atomic E-state index is 14.4. The van der Waals surface area contributed by atoms with Gasteiger partial charge in [0.2, 0.25) is 5.91 Å². The van der Waals surface area contributed by atoms with E-state index in [1.165, 1.54) is 6.07 Å². The van der Waals surface area contributed by atoms with Gasteiger partial charge in [0.05, 0.1) is 12.6 Å². The number of carbonyl (C=O) groups excluding carboxylic acids is 2. The minimum Gasteiger partial charge on any atom is -0.348 e. The number of aromatic amines is 1. The second-order valence-corrected chi connectivity index (χ2v) is 11.3. The molecule has 4 aromatic rings. The van der Waals surface area contributed by atoms with Gasteiger partial charge in [-0.2, -0.15) is 0 Å². The number of hydrogen-bond acceptors (Lipinski definition) is 5. The van der Waals surface area contributed by atoms with Crippen LogP contribution >= 0.6 is 0 Å². The summed E-state index contributed by atoms with van der Waals surface area (Å²) in [6.45, 7) is 10.4. The molecule has 0 saturated carbocycles. The van der Waals surface area contributed by atoms with E-state index in [1.807, 2.05) is 31.2 Å². The van der Waals surface area contributed by atoms with Crippen LogP contribution in [0, 0.1) is 5.82 Å². The minimum atomic E-state index is -0.712. The van der Waals surface area contributed by atoms with Gasteiger partial charge in [0.25, 0.3) is 5.91 Å². The summed E-state index contributed by atoms with van der Waals surface area (Å²) in [4.78, 5) is 36.7. The zero-order valence-corrected chi connectivity index (χ0v) is 26.0. The van der Waals surface area contributed by atoms with Crippen LogP contribution in [-0.4, -0.2) is 52.4 Å². The Balaban J connectivity index is 1.42. The Hall–Kier alpha value is -4.08. The molecular formula is C35H45FN6O2. The lowest BCUT2D eigenvalue weighted by Gasteiger charge is -2.25. The number of halogens is 1. The molecule has 44 heavy (non-hydrogen) atoms. The van der Waals surface area contributed by atoms with Crippen LogP contribution in [0.3, 0.4) is 0 Å². The molecule has 0 fully saturated rings. The van der Waals surface area contributed by atoms with E-state index in [9.17, 15) is 14.0 Å². The van der Waals surface area contributed by atoms with Crippen molar-refractivity contribution in [1.82, 2.24) is 30.8 Å². The molecule has 0 aliphatic rings. The quantitative estimate of drug-likeness (QED) is 0.121. The van der Waals surface area contributed by atoms with Gasteiger partial charge >= 0.3 is 0 Å². The van der Waals surface area contributed by atoms with Crippen LogP contribution in [-0.2, 0) is 17.9 Å². The van der Waals surface area contributed by atoms with Crippen molar-refractivity contribution in [3.05, 3.63) is 101 Å². The Bertz CT molecular complexity index is 1470. The fraction of sp³-hybridized carbons (Fsp3) is 0.400. The van der Waals surface area contributed by atoms with Crippen molar-refractivity contribution in [3.8, 4) is 0 Å². The molecule has 0 aliphatic carbocycles. The summed E-state index contributed by atoms with van der Waals surface area (Å²) in [5.74, 6) is 0.0189. The second-order valence-electron chi connectivity index (χ2n) is 11.3. The predicted octanol–water partition coefficient (Wildman–Crippen LogP) is 5.87. The van der Waals surface area contributed by atoms with Gasteiger partial charge in [-0.15, -0.1) is 0 Å². The minimum absolute atomic E-state index is 0.254. The number of amides is 2. The summed E-state index contributed by atoms with van der Waals surface area (Å²) in [6.07, 6.45) is 6.92. The van der Waals surface area contributed by atoms with Crippen molar-refractivity contribution >= 4 is 22.6 Å². The molecule has 4 N–H and O–H groups in total. The van der Waals surface area contributed by atoms with Crippen LogP contribution in [0.4, 0.5) is 4.39 Å². The van der Waals surface area contributed by atoms with Crippen molar-refractivity contribution in [3.63, 3.8) is 0 Å². The maximum Gasteiger partial charge on any atom is 0.251 e. The van der Waals surface area contributed by atoms with Crippen LogP contribution in [0.25, 0.3) is 10.8 Å². The molecule has 0 saturated heterocycles. The molecule has 234 valence electrons. The predicted molar refractivity (Wildman–Crippen MR) is 174 cm³/mol. The average Bonchev–Trinajstić information content (AvgIpc) is 3.55. The lowest BCUT2D eigenvalue weighted by atomic mass is 9.98. The highest BCUT2D eigenvalue weighted by Crippen LogP contribution is 2.26. The Morgan fingerprint density at radius 2 is 1.64 bits per heavy atom. The topological polar surface area (TPSA) is 102 Å². The van der Waals surface area contributed by atoms with Crippen molar-refractivity contribution < 1.29 is 14.0 Å². The highest BCUT2D eigenvalue weighted by molar-refractivity contribution is 5.97. The molecule has 1 aromatic heterocycles. The fourth-order valence-corrected chi connectivity index (χ4v) is 5.55. The molecule has 2 atom stereocenters. The monoisotopic (exact) mass is 600 g/mol. The number of benzene rings is 3. The van der Waals surface area contributed by atoms with Crippen LogP contribution in [0.15, 0.2) is 73.1 Å². The second kappa shape index (κ2) is 16.7. The first-order valence-corrected chi connectivity index (χ1v) is 15.7. The van der Waals surface area contributed by atoms with Crippen molar-refractivity contribution in [2.24, 2.45) is 0 Å². The van der Waals surface area contributed by atoms with Gasteiger partial charge in [-0.25, -0.2) is 9.37 Å². The number of fused-ring (bicyclic) bond motifs is 1. The Morgan fingerprint density at radius 1 is 0.909 bits per heavy atom. The normalized spacial score (nSPS) is 12.8. The van der Waals surface area contributed by atoms with E-state index in [0.29, 0.717) is 30.5 Å². The molecule has 1 unspecified atom stereocenters. The number of imidazole rings is 1. The highest BCUT2D eigenvalue weighted by Gasteiger charge is 2.24. The van der Waals surface area contributed by atoms with E-state index < -0.39 is 6.04 Å². The maximum absolute atomic E-state index is 14.4. The summed E-state index contributed by atoms with van der Waals surface area (Å²) in [5.41, 5.74) is 2.36. The standard InChI is InChI=1S/C35H45FN6O2/c1-4-20-42(21-5-2)22-8-11-32(35(44)40-25(3)28-16-17-31(36)30-10-7-6-9-29(28)30)41-34(43)27-14-12-26(13-15-27)23-37-24-33-38-18-19-39-33/h6-7,9-10,12-19,25,32,37H,4-5,8,11,20-24H2,1-3H3,(H,38,39)(H,40,44)(H,41,43)/t25-,32?/m0/s1. The number of rotatable bonds is 17. The number of nitrogens with one attached hydrogen (secondary N) is 4. The van der Waals surface area contributed by atoms with Crippen LogP contribution < -0.4 is 16.0 Å². The number of aromatic nitrogens is 2. The fourth-order valence-electron chi connectivity index (χ4n) is 5.55. The summed E-state index contributed by atoms with van der Waals surface area (Å²) >= 11 is 0. The smallest absolute Gasteiger partial charge is 0.251 e. The van der Waals surface area contributed by atoms with E-state index in [-0.39, 0.29) is 23.7 Å². The molecule has 9 heteroatoms. The molecular weight excluding hydrogens is 555 g/mol. The van der Waals surface area contributed by atoms with E-state index in [2.05, 4.69) is 44.7 Å². The van der Waals surface area contributed by atoms with E-state index in [4.69, 9.17) is 0 Å². The average molecular weight is 601 g/mol. The Kier molecular flexibility index (Phi) is 12.4. The summed E-state index contributed by atoms with van der Waals surface area (Å²) in [6, 6.07) is 16.7. The zero-order chi connectivity index (χ0) is 31.3. The Labute approximate surface area is 259 Å². The molecule has 0 bridgehead atoms. The molecule has 4 rings (SSSR count). The third kappa shape index (κ3) is 9.21. The van der Waals surface area contributed by atoms with Gasteiger partial charge in [-0.05, 0) is 87.0 Å². The first kappa shape index (κ1) is 32.8. The van der Waals surface area contributed by atoms with Crippen LogP contribution in [0.1, 0.15) is 79.8 Å². The zero-order valence-electron chi connectivity index (χ0n) is 26.0. The van der Waals surface area contributed by atoms with Gasteiger partial charge in [-0.3, -0.25) is 9.59 Å². The lowest BCUT2D eigenvalue weighted by Crippen LogP contribution is -2.47. The molecule has 2 amide bonds. The largest absolute Gasteiger partial charge is 0.348 e. The van der Waals surface area contributed by atoms with Crippen LogP contribution in [0.5, 0.6) is 0 Å².